The molecule has 0 spiro atoms. The summed E-state index contributed by atoms with van der Waals surface area (Å²) in [7, 11) is 0. The van der Waals surface area contributed by atoms with Crippen molar-refractivity contribution in [2.24, 2.45) is 5.92 Å². The van der Waals surface area contributed by atoms with E-state index >= 15 is 0 Å². The van der Waals surface area contributed by atoms with Crippen molar-refractivity contribution in [3.8, 4) is 0 Å². The SMILES string of the molecule is CC(CCc1ccccc1)C(Cl)c1ccccc1. The first kappa shape index (κ1) is 13.2. The van der Waals surface area contributed by atoms with E-state index in [1.54, 1.807) is 0 Å². The van der Waals surface area contributed by atoms with Crippen molar-refractivity contribution in [3.05, 3.63) is 71.8 Å². The number of hydrogen-bond donors (Lipinski definition) is 0. The highest BCUT2D eigenvalue weighted by molar-refractivity contribution is 6.20. The van der Waals surface area contributed by atoms with E-state index in [2.05, 4.69) is 61.5 Å². The van der Waals surface area contributed by atoms with Crippen molar-refractivity contribution in [2.75, 3.05) is 0 Å². The minimum absolute atomic E-state index is 0.106. The van der Waals surface area contributed by atoms with Gasteiger partial charge in [0, 0.05) is 0 Å². The molecule has 0 radical (unpaired) electrons. The first-order valence-corrected chi connectivity index (χ1v) is 6.94. The second-order valence-corrected chi connectivity index (χ2v) is 5.28. The Labute approximate surface area is 115 Å². The third kappa shape index (κ3) is 3.61. The molecule has 18 heavy (non-hydrogen) atoms. The summed E-state index contributed by atoms with van der Waals surface area (Å²) in [6.45, 7) is 2.23. The Morgan fingerprint density at radius 1 is 0.889 bits per heavy atom. The van der Waals surface area contributed by atoms with Gasteiger partial charge >= 0.3 is 0 Å². The van der Waals surface area contributed by atoms with Gasteiger partial charge in [0.05, 0.1) is 5.38 Å². The van der Waals surface area contributed by atoms with E-state index in [9.17, 15) is 0 Å². The monoisotopic (exact) mass is 258 g/mol. The summed E-state index contributed by atoms with van der Waals surface area (Å²) in [6, 6.07) is 20.9. The van der Waals surface area contributed by atoms with Crippen LogP contribution in [0.3, 0.4) is 0 Å². The molecule has 0 aliphatic carbocycles. The minimum atomic E-state index is 0.106. The van der Waals surface area contributed by atoms with Gasteiger partial charge in [0.25, 0.3) is 0 Å². The van der Waals surface area contributed by atoms with Crippen molar-refractivity contribution in [3.63, 3.8) is 0 Å². The molecule has 0 saturated carbocycles. The average molecular weight is 259 g/mol. The van der Waals surface area contributed by atoms with Crippen LogP contribution >= 0.6 is 11.6 Å². The van der Waals surface area contributed by atoms with Crippen LogP contribution in [0.15, 0.2) is 60.7 Å². The molecule has 0 saturated heterocycles. The zero-order valence-electron chi connectivity index (χ0n) is 10.7. The van der Waals surface area contributed by atoms with Crippen LogP contribution in [0.2, 0.25) is 0 Å². The Kier molecular flexibility index (Phi) is 4.83. The Bertz CT molecular complexity index is 450. The van der Waals surface area contributed by atoms with Crippen LogP contribution < -0.4 is 0 Å². The first-order valence-electron chi connectivity index (χ1n) is 6.50. The van der Waals surface area contributed by atoms with E-state index in [1.807, 2.05) is 6.07 Å². The maximum atomic E-state index is 6.52. The minimum Gasteiger partial charge on any atom is -0.118 e. The van der Waals surface area contributed by atoms with Crippen LogP contribution in [0.25, 0.3) is 0 Å². The van der Waals surface area contributed by atoms with Crippen molar-refractivity contribution < 1.29 is 0 Å². The van der Waals surface area contributed by atoms with Crippen LogP contribution in [-0.4, -0.2) is 0 Å². The molecular formula is C17H19Cl. The first-order chi connectivity index (χ1) is 8.77. The Morgan fingerprint density at radius 2 is 1.44 bits per heavy atom. The summed E-state index contributed by atoms with van der Waals surface area (Å²) < 4.78 is 0. The fraction of sp³-hybridized carbons (Fsp3) is 0.294. The lowest BCUT2D eigenvalue weighted by Crippen LogP contribution is -2.05. The number of halogens is 1. The van der Waals surface area contributed by atoms with Gasteiger partial charge in [-0.05, 0) is 29.9 Å². The Morgan fingerprint density at radius 3 is 2.06 bits per heavy atom. The summed E-state index contributed by atoms with van der Waals surface area (Å²) in [5.41, 5.74) is 2.61. The molecule has 2 aromatic rings. The highest BCUT2D eigenvalue weighted by atomic mass is 35.5. The molecule has 0 aliphatic heterocycles. The van der Waals surface area contributed by atoms with Crippen molar-refractivity contribution >= 4 is 11.6 Å². The smallest absolute Gasteiger partial charge is 0.0610 e. The zero-order valence-corrected chi connectivity index (χ0v) is 11.5. The maximum Gasteiger partial charge on any atom is 0.0610 e. The third-order valence-electron chi connectivity index (χ3n) is 3.35. The summed E-state index contributed by atoms with van der Waals surface area (Å²) >= 11 is 6.52. The maximum absolute atomic E-state index is 6.52. The molecule has 0 aromatic heterocycles. The summed E-state index contributed by atoms with van der Waals surface area (Å²) in [5, 5.41) is 0.106. The number of rotatable bonds is 5. The zero-order chi connectivity index (χ0) is 12.8. The summed E-state index contributed by atoms with van der Waals surface area (Å²) in [6.07, 6.45) is 2.21. The van der Waals surface area contributed by atoms with Crippen molar-refractivity contribution in [1.82, 2.24) is 0 Å². The van der Waals surface area contributed by atoms with Gasteiger partial charge in [-0.3, -0.25) is 0 Å². The molecule has 2 rings (SSSR count). The van der Waals surface area contributed by atoms with E-state index < -0.39 is 0 Å². The number of alkyl halides is 1. The fourth-order valence-corrected chi connectivity index (χ4v) is 2.42. The van der Waals surface area contributed by atoms with Crippen LogP contribution in [0.5, 0.6) is 0 Å². The van der Waals surface area contributed by atoms with Gasteiger partial charge in [-0.25, -0.2) is 0 Å². The number of hydrogen-bond acceptors (Lipinski definition) is 0. The van der Waals surface area contributed by atoms with Crippen LogP contribution in [-0.2, 0) is 6.42 Å². The van der Waals surface area contributed by atoms with Crippen LogP contribution in [0, 0.1) is 5.92 Å². The van der Waals surface area contributed by atoms with Crippen LogP contribution in [0.4, 0.5) is 0 Å². The molecule has 0 nitrogen and oxygen atoms in total. The number of aryl methyl sites for hydroxylation is 1. The van der Waals surface area contributed by atoms with Crippen molar-refractivity contribution in [2.45, 2.75) is 25.1 Å². The molecule has 0 bridgehead atoms. The van der Waals surface area contributed by atoms with Gasteiger partial charge in [0.1, 0.15) is 0 Å². The molecule has 0 heterocycles. The van der Waals surface area contributed by atoms with E-state index in [1.165, 1.54) is 11.1 Å². The molecule has 2 aromatic carbocycles. The summed E-state index contributed by atoms with van der Waals surface area (Å²) in [4.78, 5) is 0. The Hall–Kier alpha value is -1.27. The predicted octanol–water partition coefficient (Wildman–Crippen LogP) is 5.24. The highest BCUT2D eigenvalue weighted by Crippen LogP contribution is 2.31. The molecular weight excluding hydrogens is 240 g/mol. The van der Waals surface area contributed by atoms with Gasteiger partial charge in [-0.2, -0.15) is 0 Å². The molecule has 0 N–H and O–H groups in total. The van der Waals surface area contributed by atoms with Gasteiger partial charge in [0.15, 0.2) is 0 Å². The van der Waals surface area contributed by atoms with Gasteiger partial charge < -0.3 is 0 Å². The van der Waals surface area contributed by atoms with E-state index in [0.717, 1.165) is 12.8 Å². The molecule has 0 fully saturated rings. The predicted molar refractivity (Wildman–Crippen MR) is 79.0 cm³/mol. The second kappa shape index (κ2) is 6.61. The largest absolute Gasteiger partial charge is 0.118 e. The topological polar surface area (TPSA) is 0 Å². The Balaban J connectivity index is 1.90. The highest BCUT2D eigenvalue weighted by Gasteiger charge is 2.15. The van der Waals surface area contributed by atoms with Gasteiger partial charge in [0.2, 0.25) is 0 Å². The van der Waals surface area contributed by atoms with E-state index in [4.69, 9.17) is 11.6 Å². The molecule has 0 aliphatic rings. The fourth-order valence-electron chi connectivity index (χ4n) is 2.15. The lowest BCUT2D eigenvalue weighted by Gasteiger charge is -2.18. The molecule has 1 heteroatoms. The molecule has 2 atom stereocenters. The quantitative estimate of drug-likeness (QED) is 0.644. The second-order valence-electron chi connectivity index (χ2n) is 4.81. The normalized spacial score (nSPS) is 14.1. The summed E-state index contributed by atoms with van der Waals surface area (Å²) in [5.74, 6) is 0.481. The van der Waals surface area contributed by atoms with Crippen molar-refractivity contribution in [1.29, 1.82) is 0 Å². The average Bonchev–Trinajstić information content (AvgIpc) is 2.46. The standard InChI is InChI=1S/C17H19Cl/c1-14(12-13-15-8-4-2-5-9-15)17(18)16-10-6-3-7-11-16/h2-11,14,17H,12-13H2,1H3. The van der Waals surface area contributed by atoms with Gasteiger partial charge in [-0.15, -0.1) is 11.6 Å². The van der Waals surface area contributed by atoms with E-state index in [-0.39, 0.29) is 5.38 Å². The lowest BCUT2D eigenvalue weighted by atomic mass is 9.94. The molecule has 2 unspecified atom stereocenters. The number of benzene rings is 2. The van der Waals surface area contributed by atoms with Crippen LogP contribution in [0.1, 0.15) is 29.8 Å². The lowest BCUT2D eigenvalue weighted by molar-refractivity contribution is 0.515. The van der Waals surface area contributed by atoms with Gasteiger partial charge in [-0.1, -0.05) is 67.6 Å². The molecule has 0 amide bonds. The third-order valence-corrected chi connectivity index (χ3v) is 4.03. The van der Waals surface area contributed by atoms with E-state index in [0.29, 0.717) is 5.92 Å². The molecule has 94 valence electrons.